The Morgan fingerprint density at radius 1 is 1.38 bits per heavy atom. The number of aryl methyl sites for hydroxylation is 1. The van der Waals surface area contributed by atoms with E-state index in [1.165, 1.54) is 0 Å². The van der Waals surface area contributed by atoms with Gasteiger partial charge in [0.05, 0.1) is 0 Å². The van der Waals surface area contributed by atoms with E-state index in [0.29, 0.717) is 5.56 Å². The van der Waals surface area contributed by atoms with Crippen LogP contribution in [-0.4, -0.2) is 31.6 Å². The molecule has 0 atom stereocenters. The number of benzene rings is 1. The second-order valence-electron chi connectivity index (χ2n) is 4.16. The summed E-state index contributed by atoms with van der Waals surface area (Å²) in [6.45, 7) is 7.65. The van der Waals surface area contributed by atoms with Crippen LogP contribution in [0.25, 0.3) is 0 Å². The van der Waals surface area contributed by atoms with Gasteiger partial charge in [0.1, 0.15) is 5.82 Å². The van der Waals surface area contributed by atoms with Gasteiger partial charge >= 0.3 is 0 Å². The summed E-state index contributed by atoms with van der Waals surface area (Å²) in [5.74, 6) is -0.120. The minimum atomic E-state index is -0.120. The van der Waals surface area contributed by atoms with Crippen LogP contribution in [0.4, 0.5) is 4.39 Å². The van der Waals surface area contributed by atoms with Crippen molar-refractivity contribution in [2.24, 2.45) is 0 Å². The Balaban J connectivity index is 2.29. The van der Waals surface area contributed by atoms with Crippen molar-refractivity contribution in [3.8, 4) is 0 Å². The Labute approximate surface area is 97.5 Å². The maximum Gasteiger partial charge on any atom is 0.126 e. The highest BCUT2D eigenvalue weighted by Gasteiger charge is 1.99. The molecule has 3 heteroatoms. The van der Waals surface area contributed by atoms with Crippen molar-refractivity contribution in [2.45, 2.75) is 20.4 Å². The van der Waals surface area contributed by atoms with Crippen LogP contribution in [0.15, 0.2) is 18.2 Å². The molecule has 1 rings (SSSR count). The summed E-state index contributed by atoms with van der Waals surface area (Å²) in [4.78, 5) is 2.24. The summed E-state index contributed by atoms with van der Waals surface area (Å²) in [5, 5.41) is 3.31. The molecule has 16 heavy (non-hydrogen) atoms. The lowest BCUT2D eigenvalue weighted by Crippen LogP contribution is -2.28. The smallest absolute Gasteiger partial charge is 0.126 e. The molecule has 0 aromatic heterocycles. The number of rotatable bonds is 6. The molecule has 0 aliphatic rings. The summed E-state index contributed by atoms with van der Waals surface area (Å²) in [6.07, 6.45) is 0. The van der Waals surface area contributed by atoms with Crippen LogP contribution in [-0.2, 0) is 6.54 Å². The summed E-state index contributed by atoms with van der Waals surface area (Å²) in [5.41, 5.74) is 1.71. The molecule has 0 saturated heterocycles. The number of hydrogen-bond donors (Lipinski definition) is 1. The fraction of sp³-hybridized carbons (Fsp3) is 0.538. The van der Waals surface area contributed by atoms with E-state index in [4.69, 9.17) is 0 Å². The molecule has 0 radical (unpaired) electrons. The molecule has 1 N–H and O–H groups in total. The zero-order valence-electron chi connectivity index (χ0n) is 10.4. The number of halogens is 1. The first-order valence-corrected chi connectivity index (χ1v) is 5.77. The van der Waals surface area contributed by atoms with E-state index in [-0.39, 0.29) is 5.82 Å². The van der Waals surface area contributed by atoms with E-state index >= 15 is 0 Å². The Morgan fingerprint density at radius 3 is 2.75 bits per heavy atom. The van der Waals surface area contributed by atoms with Crippen LogP contribution in [0.1, 0.15) is 18.1 Å². The highest BCUT2D eigenvalue weighted by atomic mass is 19.1. The highest BCUT2D eigenvalue weighted by molar-refractivity contribution is 5.23. The molecule has 0 unspecified atom stereocenters. The molecule has 2 nitrogen and oxygen atoms in total. The lowest BCUT2D eigenvalue weighted by Gasteiger charge is -2.14. The molecule has 1 aromatic carbocycles. The minimum Gasteiger partial charge on any atom is -0.311 e. The van der Waals surface area contributed by atoms with Crippen LogP contribution >= 0.6 is 0 Å². The summed E-state index contributed by atoms with van der Waals surface area (Å²) in [6, 6.07) is 5.39. The van der Waals surface area contributed by atoms with Crippen molar-refractivity contribution in [2.75, 3.05) is 26.7 Å². The van der Waals surface area contributed by atoms with Crippen molar-refractivity contribution in [1.82, 2.24) is 10.2 Å². The molecule has 90 valence electrons. The van der Waals surface area contributed by atoms with Crippen molar-refractivity contribution in [1.29, 1.82) is 0 Å². The number of hydrogen-bond acceptors (Lipinski definition) is 2. The average Bonchev–Trinajstić information content (AvgIpc) is 2.28. The highest BCUT2D eigenvalue weighted by Crippen LogP contribution is 2.08. The third kappa shape index (κ3) is 4.29. The standard InChI is InChI=1S/C13H21FN2/c1-4-16(3)8-7-15-10-12-6-5-11(2)13(14)9-12/h5-6,9,15H,4,7-8,10H2,1-3H3. The van der Waals surface area contributed by atoms with Crippen LogP contribution in [0.2, 0.25) is 0 Å². The third-order valence-electron chi connectivity index (χ3n) is 2.78. The van der Waals surface area contributed by atoms with Gasteiger partial charge in [-0.25, -0.2) is 4.39 Å². The predicted molar refractivity (Wildman–Crippen MR) is 66.0 cm³/mol. The van der Waals surface area contributed by atoms with Gasteiger partial charge in [-0.3, -0.25) is 0 Å². The van der Waals surface area contributed by atoms with Crippen molar-refractivity contribution < 1.29 is 4.39 Å². The first kappa shape index (κ1) is 13.1. The molecule has 0 spiro atoms. The fourth-order valence-electron chi connectivity index (χ4n) is 1.41. The molecule has 1 aromatic rings. The van der Waals surface area contributed by atoms with Gasteiger partial charge in [0.2, 0.25) is 0 Å². The lowest BCUT2D eigenvalue weighted by molar-refractivity contribution is 0.349. The van der Waals surface area contributed by atoms with Gasteiger partial charge in [0, 0.05) is 19.6 Å². The normalized spacial score (nSPS) is 11.1. The molecule has 0 heterocycles. The summed E-state index contributed by atoms with van der Waals surface area (Å²) < 4.78 is 13.2. The minimum absolute atomic E-state index is 0.120. The molecular formula is C13H21FN2. The monoisotopic (exact) mass is 224 g/mol. The lowest BCUT2D eigenvalue weighted by atomic mass is 10.1. The van der Waals surface area contributed by atoms with E-state index in [9.17, 15) is 4.39 Å². The van der Waals surface area contributed by atoms with Gasteiger partial charge in [0.15, 0.2) is 0 Å². The SMILES string of the molecule is CCN(C)CCNCc1ccc(C)c(F)c1. The number of nitrogens with zero attached hydrogens (tertiary/aromatic N) is 1. The third-order valence-corrected chi connectivity index (χ3v) is 2.78. The average molecular weight is 224 g/mol. The topological polar surface area (TPSA) is 15.3 Å². The van der Waals surface area contributed by atoms with Gasteiger partial charge < -0.3 is 10.2 Å². The number of likely N-dealkylation sites (N-methyl/N-ethyl adjacent to an activating group) is 1. The maximum absolute atomic E-state index is 13.2. The molecule has 0 fully saturated rings. The van der Waals surface area contributed by atoms with Crippen LogP contribution in [0.5, 0.6) is 0 Å². The van der Waals surface area contributed by atoms with Gasteiger partial charge in [-0.2, -0.15) is 0 Å². The molecule has 0 bridgehead atoms. The Morgan fingerprint density at radius 2 is 2.12 bits per heavy atom. The second-order valence-corrected chi connectivity index (χ2v) is 4.16. The van der Waals surface area contributed by atoms with Crippen molar-refractivity contribution in [3.05, 3.63) is 35.1 Å². The summed E-state index contributed by atoms with van der Waals surface area (Å²) >= 11 is 0. The first-order valence-electron chi connectivity index (χ1n) is 5.77. The Kier molecular flexibility index (Phi) is 5.43. The Hall–Kier alpha value is -0.930. The molecule has 0 aliphatic heterocycles. The molecule has 0 aliphatic carbocycles. The van der Waals surface area contributed by atoms with E-state index in [1.807, 2.05) is 12.1 Å². The molecule has 0 amide bonds. The van der Waals surface area contributed by atoms with Crippen molar-refractivity contribution in [3.63, 3.8) is 0 Å². The van der Waals surface area contributed by atoms with E-state index in [0.717, 1.165) is 31.7 Å². The number of nitrogens with one attached hydrogen (secondary N) is 1. The second kappa shape index (κ2) is 6.61. The zero-order chi connectivity index (χ0) is 12.0. The molecular weight excluding hydrogens is 203 g/mol. The van der Waals surface area contributed by atoms with Gasteiger partial charge in [-0.15, -0.1) is 0 Å². The van der Waals surface area contributed by atoms with Crippen LogP contribution < -0.4 is 5.32 Å². The van der Waals surface area contributed by atoms with Gasteiger partial charge in [-0.1, -0.05) is 19.1 Å². The fourth-order valence-corrected chi connectivity index (χ4v) is 1.41. The van der Waals surface area contributed by atoms with Crippen LogP contribution in [0, 0.1) is 12.7 Å². The zero-order valence-corrected chi connectivity index (χ0v) is 10.4. The Bertz CT molecular complexity index is 326. The van der Waals surface area contributed by atoms with E-state index in [2.05, 4.69) is 24.2 Å². The maximum atomic E-state index is 13.2. The van der Waals surface area contributed by atoms with Gasteiger partial charge in [0.25, 0.3) is 0 Å². The van der Waals surface area contributed by atoms with Crippen molar-refractivity contribution >= 4 is 0 Å². The van der Waals surface area contributed by atoms with Gasteiger partial charge in [-0.05, 0) is 37.7 Å². The predicted octanol–water partition coefficient (Wildman–Crippen LogP) is 2.18. The van der Waals surface area contributed by atoms with Crippen LogP contribution in [0.3, 0.4) is 0 Å². The molecule has 0 saturated carbocycles. The van der Waals surface area contributed by atoms with E-state index in [1.54, 1.807) is 13.0 Å². The quantitative estimate of drug-likeness (QED) is 0.745. The first-order chi connectivity index (χ1) is 7.63. The van der Waals surface area contributed by atoms with E-state index < -0.39 is 0 Å². The summed E-state index contributed by atoms with van der Waals surface area (Å²) in [7, 11) is 2.09. The largest absolute Gasteiger partial charge is 0.311 e.